The van der Waals surface area contributed by atoms with Crippen LogP contribution in [0.4, 0.5) is 5.69 Å². The van der Waals surface area contributed by atoms with E-state index < -0.39 is 11.6 Å². The van der Waals surface area contributed by atoms with E-state index in [1.807, 2.05) is 24.3 Å². The number of nitrogens with zero attached hydrogens (tertiary/aromatic N) is 1. The fourth-order valence-electron chi connectivity index (χ4n) is 3.78. The first-order chi connectivity index (χ1) is 13.1. The van der Waals surface area contributed by atoms with Gasteiger partial charge in [-0.15, -0.1) is 0 Å². The Hall–Kier alpha value is -3.47. The van der Waals surface area contributed by atoms with Crippen LogP contribution in [-0.4, -0.2) is 16.2 Å². The smallest absolute Gasteiger partial charge is 0.340 e. The number of fused-ring (bicyclic) bond motifs is 6. The average Bonchev–Trinajstić information content (AvgIpc) is 2.95. The minimum Gasteiger partial charge on any atom is -0.508 e. The monoisotopic (exact) mass is 373 g/mol. The van der Waals surface area contributed by atoms with Gasteiger partial charge in [0.15, 0.2) is 5.60 Å². The Balaban J connectivity index is 1.86. The zero-order valence-corrected chi connectivity index (χ0v) is 14.6. The van der Waals surface area contributed by atoms with Gasteiger partial charge in [0.2, 0.25) is 0 Å². The lowest BCUT2D eigenvalue weighted by molar-refractivity contribution is 0.0224. The number of hydrogen-bond donors (Lipinski definition) is 1. The van der Waals surface area contributed by atoms with E-state index in [1.54, 1.807) is 30.3 Å². The van der Waals surface area contributed by atoms with Crippen molar-refractivity contribution in [3.05, 3.63) is 82.9 Å². The fourth-order valence-corrected chi connectivity index (χ4v) is 3.88. The maximum absolute atomic E-state index is 12.8. The number of isothiocyanates is 1. The van der Waals surface area contributed by atoms with Gasteiger partial charge in [0.25, 0.3) is 0 Å². The molecule has 6 heteroatoms. The molecular weight excluding hydrogens is 362 g/mol. The second-order valence-corrected chi connectivity index (χ2v) is 6.46. The molecule has 1 spiro atoms. The van der Waals surface area contributed by atoms with E-state index in [2.05, 4.69) is 22.4 Å². The van der Waals surface area contributed by atoms with Gasteiger partial charge in [-0.25, -0.2) is 4.79 Å². The Kier molecular flexibility index (Phi) is 3.22. The number of phenols is 1. The molecule has 0 bridgehead atoms. The Morgan fingerprint density at radius 2 is 1.74 bits per heavy atom. The first-order valence-corrected chi connectivity index (χ1v) is 8.61. The molecule has 0 aliphatic carbocycles. The van der Waals surface area contributed by atoms with Crippen LogP contribution in [0.3, 0.4) is 0 Å². The number of carbonyl (C=O) groups excluding carboxylic acids is 1. The predicted molar refractivity (Wildman–Crippen MR) is 101 cm³/mol. The van der Waals surface area contributed by atoms with Crippen molar-refractivity contribution in [2.45, 2.75) is 5.60 Å². The van der Waals surface area contributed by atoms with Crippen LogP contribution in [-0.2, 0) is 10.3 Å². The second-order valence-electron chi connectivity index (χ2n) is 6.28. The predicted octanol–water partition coefficient (Wildman–Crippen LogP) is 4.69. The number of carbonyl (C=O) groups is 1. The van der Waals surface area contributed by atoms with Crippen LogP contribution >= 0.6 is 12.2 Å². The van der Waals surface area contributed by atoms with Crippen molar-refractivity contribution >= 4 is 29.0 Å². The number of aliphatic imine (C=N–C) groups is 1. The third-order valence-electron chi connectivity index (χ3n) is 4.85. The van der Waals surface area contributed by atoms with E-state index in [-0.39, 0.29) is 5.75 Å². The Labute approximate surface area is 159 Å². The molecule has 3 aromatic rings. The number of thiocarbonyl (C=S) groups is 1. The molecule has 0 aromatic heterocycles. The zero-order chi connectivity index (χ0) is 18.6. The second kappa shape index (κ2) is 5.51. The lowest BCUT2D eigenvalue weighted by Crippen LogP contribution is -2.32. The quantitative estimate of drug-likeness (QED) is 0.381. The highest BCUT2D eigenvalue weighted by molar-refractivity contribution is 7.78. The van der Waals surface area contributed by atoms with Crippen molar-refractivity contribution in [3.8, 4) is 17.2 Å². The normalized spacial score (nSPS) is 18.6. The number of phenolic OH excluding ortho intramolecular Hbond substituents is 1. The number of rotatable bonds is 1. The van der Waals surface area contributed by atoms with E-state index in [0.717, 1.165) is 5.56 Å². The van der Waals surface area contributed by atoms with Crippen molar-refractivity contribution in [3.63, 3.8) is 0 Å². The number of benzene rings is 3. The summed E-state index contributed by atoms with van der Waals surface area (Å²) in [5, 5.41) is 12.2. The SMILES string of the molecule is O=C1OC2(c3ccccc3Oc3cc(O)ccc32)c2ccc(N=C=S)cc21. The van der Waals surface area contributed by atoms with Gasteiger partial charge in [0.05, 0.1) is 16.4 Å². The molecule has 0 amide bonds. The zero-order valence-electron chi connectivity index (χ0n) is 13.8. The summed E-state index contributed by atoms with van der Waals surface area (Å²) in [6.45, 7) is 0. The van der Waals surface area contributed by atoms with Crippen LogP contribution in [0.5, 0.6) is 17.2 Å². The van der Waals surface area contributed by atoms with E-state index in [1.165, 1.54) is 6.07 Å². The van der Waals surface area contributed by atoms with Crippen LogP contribution in [0.2, 0.25) is 0 Å². The van der Waals surface area contributed by atoms with Gasteiger partial charge in [-0.2, -0.15) is 4.99 Å². The first-order valence-electron chi connectivity index (χ1n) is 8.20. The molecule has 2 aliphatic rings. The summed E-state index contributed by atoms with van der Waals surface area (Å²) in [5.74, 6) is 0.619. The molecule has 0 saturated carbocycles. The van der Waals surface area contributed by atoms with Crippen LogP contribution in [0, 0.1) is 0 Å². The first kappa shape index (κ1) is 15.8. The standard InChI is InChI=1S/C21H11NO4S/c23-13-6-8-17-19(10-13)25-18-4-2-1-3-16(18)21(17)15-7-5-12(22-11-27)9-14(15)20(24)26-21/h1-10,23H. The van der Waals surface area contributed by atoms with Gasteiger partial charge in [-0.1, -0.05) is 24.3 Å². The summed E-state index contributed by atoms with van der Waals surface area (Å²) in [6.07, 6.45) is 0. The molecule has 0 fully saturated rings. The molecule has 5 rings (SSSR count). The molecule has 0 saturated heterocycles. The van der Waals surface area contributed by atoms with E-state index in [0.29, 0.717) is 33.9 Å². The molecule has 3 aromatic carbocycles. The summed E-state index contributed by atoms with van der Waals surface area (Å²) in [7, 11) is 0. The summed E-state index contributed by atoms with van der Waals surface area (Å²) < 4.78 is 12.0. The number of para-hydroxylation sites is 1. The van der Waals surface area contributed by atoms with Gasteiger partial charge < -0.3 is 14.6 Å². The molecule has 0 radical (unpaired) electrons. The summed E-state index contributed by atoms with van der Waals surface area (Å²) in [5.41, 5.74) is 1.86. The van der Waals surface area contributed by atoms with Crippen molar-refractivity contribution in [1.29, 1.82) is 0 Å². The van der Waals surface area contributed by atoms with Gasteiger partial charge in [0.1, 0.15) is 17.2 Å². The van der Waals surface area contributed by atoms with Crippen molar-refractivity contribution in [1.82, 2.24) is 0 Å². The average molecular weight is 373 g/mol. The topological polar surface area (TPSA) is 68.1 Å². The van der Waals surface area contributed by atoms with Crippen LogP contribution < -0.4 is 4.74 Å². The number of hydrogen-bond acceptors (Lipinski definition) is 6. The minimum absolute atomic E-state index is 0.0681. The molecule has 5 nitrogen and oxygen atoms in total. The highest BCUT2D eigenvalue weighted by Crippen LogP contribution is 2.56. The summed E-state index contributed by atoms with van der Waals surface area (Å²) >= 11 is 4.65. The Morgan fingerprint density at radius 3 is 2.59 bits per heavy atom. The molecule has 27 heavy (non-hydrogen) atoms. The van der Waals surface area contributed by atoms with Gasteiger partial charge in [0, 0.05) is 22.8 Å². The van der Waals surface area contributed by atoms with Gasteiger partial charge >= 0.3 is 5.97 Å². The molecule has 2 heterocycles. The highest BCUT2D eigenvalue weighted by Gasteiger charge is 2.53. The largest absolute Gasteiger partial charge is 0.508 e. The van der Waals surface area contributed by atoms with Crippen LogP contribution in [0.25, 0.3) is 0 Å². The number of aromatic hydroxyl groups is 1. The molecular formula is C21H11NO4S. The Bertz CT molecular complexity index is 1180. The lowest BCUT2D eigenvalue weighted by atomic mass is 9.77. The van der Waals surface area contributed by atoms with E-state index >= 15 is 0 Å². The number of esters is 1. The van der Waals surface area contributed by atoms with E-state index in [9.17, 15) is 9.90 Å². The highest BCUT2D eigenvalue weighted by atomic mass is 32.1. The third kappa shape index (κ3) is 2.08. The van der Waals surface area contributed by atoms with Crippen molar-refractivity contribution in [2.75, 3.05) is 0 Å². The molecule has 1 N–H and O–H groups in total. The summed E-state index contributed by atoms with van der Waals surface area (Å²) in [6, 6.07) is 17.4. The van der Waals surface area contributed by atoms with Crippen LogP contribution in [0.15, 0.2) is 65.7 Å². The van der Waals surface area contributed by atoms with Crippen molar-refractivity contribution in [2.24, 2.45) is 4.99 Å². The van der Waals surface area contributed by atoms with Crippen LogP contribution in [0.1, 0.15) is 27.0 Å². The molecule has 2 aliphatic heterocycles. The van der Waals surface area contributed by atoms with Crippen molar-refractivity contribution < 1.29 is 19.4 Å². The van der Waals surface area contributed by atoms with Gasteiger partial charge in [-0.05, 0) is 42.5 Å². The van der Waals surface area contributed by atoms with E-state index in [4.69, 9.17) is 9.47 Å². The fraction of sp³-hybridized carbons (Fsp3) is 0.0476. The molecule has 1 atom stereocenters. The minimum atomic E-state index is -1.15. The molecule has 1 unspecified atom stereocenters. The third-order valence-corrected chi connectivity index (χ3v) is 4.94. The Morgan fingerprint density at radius 1 is 0.963 bits per heavy atom. The maximum atomic E-state index is 12.8. The number of ether oxygens (including phenoxy) is 2. The summed E-state index contributed by atoms with van der Waals surface area (Å²) in [4.78, 5) is 16.7. The lowest BCUT2D eigenvalue weighted by Gasteiger charge is -2.36. The molecule has 130 valence electrons. The maximum Gasteiger partial charge on any atom is 0.340 e. The van der Waals surface area contributed by atoms with Gasteiger partial charge in [-0.3, -0.25) is 0 Å².